The minimum Gasteiger partial charge on any atom is -0.489 e. The molecule has 0 bridgehead atoms. The van der Waals surface area contributed by atoms with Crippen molar-refractivity contribution in [1.82, 2.24) is 0 Å². The van der Waals surface area contributed by atoms with Gasteiger partial charge >= 0.3 is 0 Å². The fraction of sp³-hybridized carbons (Fsp3) is 0.364. The number of fused-ring (bicyclic) bond motifs is 1. The van der Waals surface area contributed by atoms with Gasteiger partial charge in [-0.05, 0) is 42.7 Å². The Kier molecular flexibility index (Phi) is 5.06. The van der Waals surface area contributed by atoms with Crippen molar-refractivity contribution in [3.05, 3.63) is 60.2 Å². The molecule has 8 heteroatoms. The van der Waals surface area contributed by atoms with E-state index in [9.17, 15) is 13.2 Å². The van der Waals surface area contributed by atoms with Crippen LogP contribution in [-0.2, 0) is 21.2 Å². The van der Waals surface area contributed by atoms with Crippen LogP contribution in [0, 0.1) is 5.92 Å². The van der Waals surface area contributed by atoms with Gasteiger partial charge in [0, 0.05) is 16.9 Å². The predicted molar refractivity (Wildman–Crippen MR) is 119 cm³/mol. The van der Waals surface area contributed by atoms with Crippen LogP contribution in [0.4, 0.5) is 5.69 Å². The summed E-state index contributed by atoms with van der Waals surface area (Å²) in [5.74, 6) is 0.907. The monoisotopic (exact) mass is 442 g/mol. The molecule has 1 saturated carbocycles. The Morgan fingerprint density at radius 1 is 1.07 bits per heavy atom. The van der Waals surface area contributed by atoms with Gasteiger partial charge in [0.05, 0.1) is 17.5 Å². The number of amides is 1. The van der Waals surface area contributed by atoms with Gasteiger partial charge in [0.15, 0.2) is 15.0 Å². The Labute approximate surface area is 180 Å². The number of sulfone groups is 1. The van der Waals surface area contributed by atoms with E-state index in [1.165, 1.54) is 11.8 Å². The number of carbonyl (C=O) groups excluding carboxylic acids is 1. The summed E-state index contributed by atoms with van der Waals surface area (Å²) < 4.78 is 30.2. The van der Waals surface area contributed by atoms with Crippen molar-refractivity contribution in [3.8, 4) is 5.75 Å². The number of amidine groups is 1. The highest BCUT2D eigenvalue weighted by molar-refractivity contribution is 8.16. The highest BCUT2D eigenvalue weighted by atomic mass is 32.2. The number of hydrogen-bond acceptors (Lipinski definition) is 5. The second-order valence-electron chi connectivity index (χ2n) is 7.95. The van der Waals surface area contributed by atoms with Crippen molar-refractivity contribution in [3.63, 3.8) is 0 Å². The fourth-order valence-corrected chi connectivity index (χ4v) is 7.75. The lowest BCUT2D eigenvalue weighted by Crippen LogP contribution is -2.37. The normalized spacial score (nSPS) is 26.0. The number of hydrogen-bond donors (Lipinski definition) is 0. The highest BCUT2D eigenvalue weighted by Crippen LogP contribution is 2.42. The van der Waals surface area contributed by atoms with Crippen LogP contribution in [0.2, 0.25) is 0 Å². The zero-order chi connectivity index (χ0) is 20.7. The highest BCUT2D eigenvalue weighted by Gasteiger charge is 2.49. The van der Waals surface area contributed by atoms with Gasteiger partial charge in [-0.1, -0.05) is 42.1 Å². The summed E-state index contributed by atoms with van der Waals surface area (Å²) in [6, 6.07) is 17.3. The van der Waals surface area contributed by atoms with Crippen molar-refractivity contribution in [2.24, 2.45) is 10.9 Å². The number of carbonyl (C=O) groups is 1. The molecular formula is C22H22N2O4S2. The van der Waals surface area contributed by atoms with Crippen LogP contribution < -0.4 is 9.64 Å². The Morgan fingerprint density at radius 2 is 1.80 bits per heavy atom. The maximum absolute atomic E-state index is 12.3. The van der Waals surface area contributed by atoms with Crippen LogP contribution in [0.1, 0.15) is 18.4 Å². The predicted octanol–water partition coefficient (Wildman–Crippen LogP) is 3.28. The van der Waals surface area contributed by atoms with E-state index in [0.717, 1.165) is 29.8 Å². The first kappa shape index (κ1) is 19.6. The minimum absolute atomic E-state index is 0.0397. The van der Waals surface area contributed by atoms with E-state index >= 15 is 0 Å². The molecule has 1 aliphatic carbocycles. The maximum atomic E-state index is 12.3. The fourth-order valence-electron chi connectivity index (χ4n) is 3.83. The molecule has 2 heterocycles. The van der Waals surface area contributed by atoms with E-state index in [-0.39, 0.29) is 34.6 Å². The molecule has 2 aromatic carbocycles. The van der Waals surface area contributed by atoms with Crippen LogP contribution in [0.25, 0.3) is 0 Å². The average Bonchev–Trinajstić information content (AvgIpc) is 3.48. The third-order valence-corrected chi connectivity index (χ3v) is 8.77. The number of ether oxygens (including phenoxy) is 1. The van der Waals surface area contributed by atoms with Crippen LogP contribution in [0.15, 0.2) is 59.6 Å². The van der Waals surface area contributed by atoms with Crippen LogP contribution in [0.3, 0.4) is 0 Å². The van der Waals surface area contributed by atoms with E-state index in [0.29, 0.717) is 11.8 Å². The zero-order valence-corrected chi connectivity index (χ0v) is 17.9. The molecule has 0 N–H and O–H groups in total. The Morgan fingerprint density at radius 3 is 2.50 bits per heavy atom. The largest absolute Gasteiger partial charge is 0.489 e. The number of benzene rings is 2. The summed E-state index contributed by atoms with van der Waals surface area (Å²) in [4.78, 5) is 18.6. The van der Waals surface area contributed by atoms with Gasteiger partial charge in [-0.25, -0.2) is 8.42 Å². The molecule has 2 atom stereocenters. The Bertz CT molecular complexity index is 1080. The summed E-state index contributed by atoms with van der Waals surface area (Å²) in [7, 11) is -3.08. The van der Waals surface area contributed by atoms with Crippen molar-refractivity contribution in [1.29, 1.82) is 0 Å². The van der Waals surface area contributed by atoms with E-state index in [4.69, 9.17) is 4.74 Å². The molecule has 0 radical (unpaired) electrons. The molecule has 0 spiro atoms. The average molecular weight is 443 g/mol. The van der Waals surface area contributed by atoms with Gasteiger partial charge in [0.2, 0.25) is 0 Å². The second-order valence-corrected chi connectivity index (χ2v) is 11.3. The SMILES string of the molecule is O=C(N=C1SC2CS(=O)(=O)CC2N1c1ccc(OCc2ccccc2)cc1)C1CC1. The smallest absolute Gasteiger partial charge is 0.251 e. The van der Waals surface area contributed by atoms with Gasteiger partial charge in [-0.15, -0.1) is 0 Å². The minimum atomic E-state index is -3.08. The van der Waals surface area contributed by atoms with E-state index in [2.05, 4.69) is 4.99 Å². The summed E-state index contributed by atoms with van der Waals surface area (Å²) in [6.45, 7) is 0.477. The van der Waals surface area contributed by atoms with Crippen LogP contribution >= 0.6 is 11.8 Å². The first-order valence-corrected chi connectivity index (χ1v) is 12.7. The number of thioether (sulfide) groups is 1. The van der Waals surface area contributed by atoms with Crippen molar-refractivity contribution >= 4 is 38.4 Å². The topological polar surface area (TPSA) is 76.0 Å². The molecule has 3 fully saturated rings. The standard InChI is InChI=1S/C22H22N2O4S2/c25-21(16-6-7-16)23-22-24(19-13-30(26,27)14-20(19)29-22)17-8-10-18(11-9-17)28-12-15-4-2-1-3-5-15/h1-5,8-11,16,19-20H,6-7,12-14H2. The van der Waals surface area contributed by atoms with Gasteiger partial charge in [-0.2, -0.15) is 4.99 Å². The molecule has 0 aromatic heterocycles. The zero-order valence-electron chi connectivity index (χ0n) is 16.3. The number of aliphatic imine (C=N–C) groups is 1. The van der Waals surface area contributed by atoms with Gasteiger partial charge < -0.3 is 9.64 Å². The molecule has 2 aromatic rings. The quantitative estimate of drug-likeness (QED) is 0.707. The first-order chi connectivity index (χ1) is 14.5. The van der Waals surface area contributed by atoms with Gasteiger partial charge in [0.25, 0.3) is 5.91 Å². The maximum Gasteiger partial charge on any atom is 0.251 e. The third kappa shape index (κ3) is 4.11. The molecule has 6 nitrogen and oxygen atoms in total. The van der Waals surface area contributed by atoms with E-state index in [1.54, 1.807) is 0 Å². The van der Waals surface area contributed by atoms with Gasteiger partial charge in [-0.3, -0.25) is 4.79 Å². The summed E-state index contributed by atoms with van der Waals surface area (Å²) in [5, 5.41) is 0.532. The lowest BCUT2D eigenvalue weighted by atomic mass is 10.2. The van der Waals surface area contributed by atoms with Crippen LogP contribution in [0.5, 0.6) is 5.75 Å². The molecule has 2 saturated heterocycles. The summed E-state index contributed by atoms with van der Waals surface area (Å²) in [6.07, 6.45) is 1.80. The summed E-state index contributed by atoms with van der Waals surface area (Å²) >= 11 is 1.42. The lowest BCUT2D eigenvalue weighted by molar-refractivity contribution is -0.118. The van der Waals surface area contributed by atoms with E-state index < -0.39 is 9.84 Å². The molecule has 5 rings (SSSR count). The Hall–Kier alpha value is -2.32. The van der Waals surface area contributed by atoms with Crippen molar-refractivity contribution < 1.29 is 17.9 Å². The van der Waals surface area contributed by atoms with Gasteiger partial charge in [0.1, 0.15) is 12.4 Å². The molecule has 1 amide bonds. The molecule has 3 aliphatic rings. The van der Waals surface area contributed by atoms with Crippen molar-refractivity contribution in [2.45, 2.75) is 30.7 Å². The molecule has 30 heavy (non-hydrogen) atoms. The lowest BCUT2D eigenvalue weighted by Gasteiger charge is -2.24. The molecule has 156 valence electrons. The Balaban J connectivity index is 1.37. The number of rotatable bonds is 5. The third-order valence-electron chi connectivity index (χ3n) is 5.56. The number of anilines is 1. The number of nitrogens with zero attached hydrogens (tertiary/aromatic N) is 2. The van der Waals surface area contributed by atoms with Crippen LogP contribution in [-0.4, -0.2) is 42.3 Å². The molecular weight excluding hydrogens is 420 g/mol. The summed E-state index contributed by atoms with van der Waals surface area (Å²) in [5.41, 5.74) is 1.92. The van der Waals surface area contributed by atoms with E-state index in [1.807, 2.05) is 59.5 Å². The second kappa shape index (κ2) is 7.74. The molecule has 2 unspecified atom stereocenters. The first-order valence-electron chi connectivity index (χ1n) is 10.0. The van der Waals surface area contributed by atoms with Crippen molar-refractivity contribution in [2.75, 3.05) is 16.4 Å². The molecule has 2 aliphatic heterocycles.